The number of carbonyl (C=O) groups is 1. The molecule has 0 bridgehead atoms. The molecule has 0 spiro atoms. The molecule has 4 heteroatoms. The van der Waals surface area contributed by atoms with Crippen LogP contribution >= 0.6 is 0 Å². The Kier molecular flexibility index (Phi) is 6.63. The van der Waals surface area contributed by atoms with Crippen molar-refractivity contribution in [3.63, 3.8) is 0 Å². The summed E-state index contributed by atoms with van der Waals surface area (Å²) in [5.74, 6) is 0.376. The molecule has 2 aromatic carbocycles. The summed E-state index contributed by atoms with van der Waals surface area (Å²) in [6.07, 6.45) is 0. The van der Waals surface area contributed by atoms with Crippen LogP contribution in [-0.4, -0.2) is 25.8 Å². The second-order valence-corrected chi connectivity index (χ2v) is 5.30. The van der Waals surface area contributed by atoms with E-state index in [1.54, 1.807) is 0 Å². The molecule has 2 aromatic rings. The van der Waals surface area contributed by atoms with Crippen LogP contribution < -0.4 is 4.74 Å². The standard InChI is InChI=1S/C19H22O4/c1-15-8-9-17(16(2)12-15)13-21-14-19(20)23-11-10-22-18-6-4-3-5-7-18/h3-9,12H,10-11,13-14H2,1-2H3. The molecule has 2 rings (SSSR count). The normalized spacial score (nSPS) is 10.3. The van der Waals surface area contributed by atoms with Crippen LogP contribution in [0, 0.1) is 13.8 Å². The second kappa shape index (κ2) is 8.96. The molecule has 0 atom stereocenters. The van der Waals surface area contributed by atoms with Gasteiger partial charge >= 0.3 is 5.97 Å². The molecule has 0 fully saturated rings. The number of hydrogen-bond acceptors (Lipinski definition) is 4. The molecular formula is C19H22O4. The van der Waals surface area contributed by atoms with E-state index < -0.39 is 0 Å². The van der Waals surface area contributed by atoms with Gasteiger partial charge in [-0.3, -0.25) is 0 Å². The van der Waals surface area contributed by atoms with Crippen molar-refractivity contribution in [2.24, 2.45) is 0 Å². The Bertz CT molecular complexity index is 623. The highest BCUT2D eigenvalue weighted by Crippen LogP contribution is 2.11. The van der Waals surface area contributed by atoms with Gasteiger partial charge in [0.15, 0.2) is 0 Å². The van der Waals surface area contributed by atoms with Crippen molar-refractivity contribution in [1.82, 2.24) is 0 Å². The van der Waals surface area contributed by atoms with Gasteiger partial charge in [0.25, 0.3) is 0 Å². The Hall–Kier alpha value is -2.33. The van der Waals surface area contributed by atoms with Crippen molar-refractivity contribution < 1.29 is 19.0 Å². The van der Waals surface area contributed by atoms with Gasteiger partial charge in [-0.15, -0.1) is 0 Å². The Labute approximate surface area is 137 Å². The van der Waals surface area contributed by atoms with E-state index >= 15 is 0 Å². The first-order valence-electron chi connectivity index (χ1n) is 7.62. The summed E-state index contributed by atoms with van der Waals surface area (Å²) < 4.78 is 15.9. The molecule has 0 saturated heterocycles. The molecule has 0 radical (unpaired) electrons. The minimum Gasteiger partial charge on any atom is -0.490 e. The average Bonchev–Trinajstić information content (AvgIpc) is 2.55. The first kappa shape index (κ1) is 17.0. The maximum Gasteiger partial charge on any atom is 0.332 e. The summed E-state index contributed by atoms with van der Waals surface area (Å²) in [6, 6.07) is 15.6. The second-order valence-electron chi connectivity index (χ2n) is 5.30. The largest absolute Gasteiger partial charge is 0.490 e. The summed E-state index contributed by atoms with van der Waals surface area (Å²) >= 11 is 0. The number of ether oxygens (including phenoxy) is 3. The lowest BCUT2D eigenvalue weighted by Crippen LogP contribution is -2.16. The molecule has 0 aliphatic heterocycles. The topological polar surface area (TPSA) is 44.8 Å². The van der Waals surface area contributed by atoms with Crippen molar-refractivity contribution in [3.8, 4) is 5.75 Å². The third-order valence-corrected chi connectivity index (χ3v) is 3.33. The lowest BCUT2D eigenvalue weighted by atomic mass is 10.1. The Morgan fingerprint density at radius 2 is 1.78 bits per heavy atom. The highest BCUT2D eigenvalue weighted by atomic mass is 16.6. The smallest absolute Gasteiger partial charge is 0.332 e. The van der Waals surface area contributed by atoms with Crippen molar-refractivity contribution >= 4 is 5.97 Å². The Morgan fingerprint density at radius 3 is 2.52 bits per heavy atom. The number of carbonyl (C=O) groups excluding carboxylic acids is 1. The predicted octanol–water partition coefficient (Wildman–Crippen LogP) is 3.44. The number of esters is 1. The van der Waals surface area contributed by atoms with Crippen LogP contribution in [0.25, 0.3) is 0 Å². The summed E-state index contributed by atoms with van der Waals surface area (Å²) in [5.41, 5.74) is 3.45. The van der Waals surface area contributed by atoms with Crippen LogP contribution in [0.5, 0.6) is 5.75 Å². The number of para-hydroxylation sites is 1. The molecule has 0 amide bonds. The van der Waals surface area contributed by atoms with E-state index in [1.165, 1.54) is 5.56 Å². The van der Waals surface area contributed by atoms with Gasteiger partial charge < -0.3 is 14.2 Å². The van der Waals surface area contributed by atoms with Crippen LogP contribution in [-0.2, 0) is 20.9 Å². The van der Waals surface area contributed by atoms with Crippen LogP contribution in [0.2, 0.25) is 0 Å². The van der Waals surface area contributed by atoms with E-state index in [0.29, 0.717) is 13.2 Å². The lowest BCUT2D eigenvalue weighted by Gasteiger charge is -2.09. The van der Waals surface area contributed by atoms with Crippen molar-refractivity contribution in [3.05, 3.63) is 65.2 Å². The van der Waals surface area contributed by atoms with Gasteiger partial charge in [-0.1, -0.05) is 42.0 Å². The third kappa shape index (κ3) is 6.12. The van der Waals surface area contributed by atoms with E-state index in [9.17, 15) is 4.79 Å². The van der Waals surface area contributed by atoms with Gasteiger partial charge in [-0.25, -0.2) is 4.79 Å². The monoisotopic (exact) mass is 314 g/mol. The van der Waals surface area contributed by atoms with Crippen molar-refractivity contribution in [2.45, 2.75) is 20.5 Å². The summed E-state index contributed by atoms with van der Waals surface area (Å²) in [5, 5.41) is 0. The molecule has 122 valence electrons. The zero-order valence-corrected chi connectivity index (χ0v) is 13.6. The first-order valence-corrected chi connectivity index (χ1v) is 7.62. The van der Waals surface area contributed by atoms with Gasteiger partial charge in [-0.2, -0.15) is 0 Å². The zero-order chi connectivity index (χ0) is 16.5. The van der Waals surface area contributed by atoms with Gasteiger partial charge in [0.2, 0.25) is 0 Å². The Morgan fingerprint density at radius 1 is 1.00 bits per heavy atom. The zero-order valence-electron chi connectivity index (χ0n) is 13.6. The molecule has 23 heavy (non-hydrogen) atoms. The summed E-state index contributed by atoms with van der Waals surface area (Å²) in [6.45, 7) is 4.96. The van der Waals surface area contributed by atoms with Gasteiger partial charge in [0.05, 0.1) is 6.61 Å². The van der Waals surface area contributed by atoms with E-state index in [2.05, 4.69) is 6.07 Å². The first-order chi connectivity index (χ1) is 11.1. The predicted molar refractivity (Wildman–Crippen MR) is 88.5 cm³/mol. The van der Waals surface area contributed by atoms with Gasteiger partial charge in [0.1, 0.15) is 25.6 Å². The molecule has 0 unspecified atom stereocenters. The summed E-state index contributed by atoms with van der Waals surface area (Å²) in [7, 11) is 0. The van der Waals surface area contributed by atoms with Gasteiger partial charge in [-0.05, 0) is 37.1 Å². The number of aryl methyl sites for hydroxylation is 2. The minimum absolute atomic E-state index is 0.0569. The molecule has 0 heterocycles. The van der Waals surface area contributed by atoms with Crippen molar-refractivity contribution in [2.75, 3.05) is 19.8 Å². The molecule has 0 aliphatic carbocycles. The fourth-order valence-electron chi connectivity index (χ4n) is 2.13. The lowest BCUT2D eigenvalue weighted by molar-refractivity contribution is -0.150. The number of hydrogen-bond donors (Lipinski definition) is 0. The molecular weight excluding hydrogens is 292 g/mol. The highest BCUT2D eigenvalue weighted by molar-refractivity contribution is 5.70. The molecule has 0 saturated carbocycles. The molecule has 0 N–H and O–H groups in total. The summed E-state index contributed by atoms with van der Waals surface area (Å²) in [4.78, 5) is 11.6. The van der Waals surface area contributed by atoms with Gasteiger partial charge in [0, 0.05) is 0 Å². The van der Waals surface area contributed by atoms with E-state index in [-0.39, 0.29) is 19.2 Å². The maximum atomic E-state index is 11.6. The molecule has 4 nitrogen and oxygen atoms in total. The maximum absolute atomic E-state index is 11.6. The SMILES string of the molecule is Cc1ccc(COCC(=O)OCCOc2ccccc2)c(C)c1. The Balaban J connectivity index is 1.60. The molecule has 0 aliphatic rings. The van der Waals surface area contributed by atoms with Crippen LogP contribution in [0.3, 0.4) is 0 Å². The van der Waals surface area contributed by atoms with E-state index in [0.717, 1.165) is 16.9 Å². The van der Waals surface area contributed by atoms with Crippen LogP contribution in [0.1, 0.15) is 16.7 Å². The van der Waals surface area contributed by atoms with E-state index in [4.69, 9.17) is 14.2 Å². The van der Waals surface area contributed by atoms with Crippen LogP contribution in [0.15, 0.2) is 48.5 Å². The van der Waals surface area contributed by atoms with Crippen molar-refractivity contribution in [1.29, 1.82) is 0 Å². The number of benzene rings is 2. The van der Waals surface area contributed by atoms with E-state index in [1.807, 2.05) is 56.3 Å². The molecule has 0 aromatic heterocycles. The van der Waals surface area contributed by atoms with Crippen LogP contribution in [0.4, 0.5) is 0 Å². The number of rotatable bonds is 8. The highest BCUT2D eigenvalue weighted by Gasteiger charge is 2.05. The minimum atomic E-state index is -0.383. The fourth-order valence-corrected chi connectivity index (χ4v) is 2.13. The average molecular weight is 314 g/mol. The fraction of sp³-hybridized carbons (Fsp3) is 0.316. The third-order valence-electron chi connectivity index (χ3n) is 3.33. The quantitative estimate of drug-likeness (QED) is 0.553.